The molecule has 0 saturated heterocycles. The molecule has 2 aliphatic heterocycles. The van der Waals surface area contributed by atoms with Gasteiger partial charge < -0.3 is 15.1 Å². The van der Waals surface area contributed by atoms with E-state index in [2.05, 4.69) is 56.6 Å². The summed E-state index contributed by atoms with van der Waals surface area (Å²) in [6.45, 7) is 5.78. The Labute approximate surface area is 177 Å². The van der Waals surface area contributed by atoms with Gasteiger partial charge in [-0.15, -0.1) is 0 Å². The van der Waals surface area contributed by atoms with Crippen molar-refractivity contribution in [2.75, 3.05) is 42.5 Å². The molecule has 0 spiro atoms. The third-order valence-corrected chi connectivity index (χ3v) is 5.65. The van der Waals surface area contributed by atoms with Gasteiger partial charge in [0.1, 0.15) is 19.1 Å². The van der Waals surface area contributed by atoms with Crippen LogP contribution in [-0.2, 0) is 4.84 Å². The maximum atomic E-state index is 13.8. The highest BCUT2D eigenvalue weighted by atomic mass is 19.1. The molecule has 2 heterocycles. The maximum absolute atomic E-state index is 13.8. The van der Waals surface area contributed by atoms with Gasteiger partial charge in [-0.2, -0.15) is 0 Å². The third-order valence-electron chi connectivity index (χ3n) is 5.65. The molecule has 4 rings (SSSR count). The van der Waals surface area contributed by atoms with Crippen molar-refractivity contribution in [2.45, 2.75) is 26.4 Å². The first-order valence-corrected chi connectivity index (χ1v) is 10.2. The number of likely N-dealkylation sites (N-methyl/N-ethyl adjacent to an activating group) is 1. The van der Waals surface area contributed by atoms with Gasteiger partial charge >= 0.3 is 0 Å². The predicted octanol–water partition coefficient (Wildman–Crippen LogP) is 4.42. The Morgan fingerprint density at radius 2 is 2.10 bits per heavy atom. The average molecular weight is 410 g/mol. The summed E-state index contributed by atoms with van der Waals surface area (Å²) in [5.74, 6) is -0.227. The highest BCUT2D eigenvalue weighted by Crippen LogP contribution is 2.38. The fraction of sp³-hybridized carbons (Fsp3) is 0.348. The summed E-state index contributed by atoms with van der Waals surface area (Å²) in [5, 5.41) is 11.9. The summed E-state index contributed by atoms with van der Waals surface area (Å²) in [7, 11) is 3.58. The molecular formula is C23H28FN5O. The smallest absolute Gasteiger partial charge is 0.125 e. The van der Waals surface area contributed by atoms with Gasteiger partial charge in [0.2, 0.25) is 0 Å². The lowest BCUT2D eigenvalue weighted by molar-refractivity contribution is 0.213. The molecule has 30 heavy (non-hydrogen) atoms. The molecule has 0 aliphatic carbocycles. The number of anilines is 3. The first-order valence-electron chi connectivity index (χ1n) is 10.2. The monoisotopic (exact) mass is 409 g/mol. The Hall–Kier alpha value is -3.06. The Kier molecular flexibility index (Phi) is 5.63. The van der Waals surface area contributed by atoms with Crippen LogP contribution in [0.25, 0.3) is 0 Å². The molecule has 0 radical (unpaired) electrons. The second kappa shape index (κ2) is 8.36. The van der Waals surface area contributed by atoms with E-state index in [0.717, 1.165) is 47.9 Å². The highest BCUT2D eigenvalue weighted by molar-refractivity contribution is 6.00. The molecule has 1 atom stereocenters. The lowest BCUT2D eigenvalue weighted by atomic mass is 10.1. The van der Waals surface area contributed by atoms with Gasteiger partial charge in [0.25, 0.3) is 0 Å². The van der Waals surface area contributed by atoms with Crippen molar-refractivity contribution in [1.29, 1.82) is 0 Å². The lowest BCUT2D eigenvalue weighted by Crippen LogP contribution is -2.40. The van der Waals surface area contributed by atoms with Gasteiger partial charge in [0.15, 0.2) is 0 Å². The zero-order valence-corrected chi connectivity index (χ0v) is 17.9. The van der Waals surface area contributed by atoms with Crippen LogP contribution in [0.2, 0.25) is 0 Å². The van der Waals surface area contributed by atoms with Gasteiger partial charge in [-0.05, 0) is 50.3 Å². The molecule has 2 aliphatic rings. The van der Waals surface area contributed by atoms with E-state index in [-0.39, 0.29) is 12.0 Å². The molecule has 0 aromatic heterocycles. The van der Waals surface area contributed by atoms with Crippen LogP contribution in [0, 0.1) is 5.82 Å². The molecule has 7 heteroatoms. The molecule has 2 aromatic carbocycles. The topological polar surface area (TPSA) is 43.3 Å². The minimum absolute atomic E-state index is 0.119. The van der Waals surface area contributed by atoms with Crippen LogP contribution in [0.4, 0.5) is 21.5 Å². The van der Waals surface area contributed by atoms with Gasteiger partial charge in [0.05, 0.1) is 22.8 Å². The number of hydrogen-bond acceptors (Lipinski definition) is 6. The molecule has 6 nitrogen and oxygen atoms in total. The fourth-order valence-electron chi connectivity index (χ4n) is 4.26. The van der Waals surface area contributed by atoms with Gasteiger partial charge in [-0.1, -0.05) is 17.3 Å². The van der Waals surface area contributed by atoms with E-state index in [4.69, 9.17) is 4.84 Å². The molecule has 1 N–H and O–H groups in total. The molecule has 0 saturated carbocycles. The Morgan fingerprint density at radius 3 is 2.83 bits per heavy atom. The normalized spacial score (nSPS) is 19.0. The first kappa shape index (κ1) is 20.2. The van der Waals surface area contributed by atoms with Crippen molar-refractivity contribution in [1.82, 2.24) is 5.01 Å². The maximum Gasteiger partial charge on any atom is 0.125 e. The first-order chi connectivity index (χ1) is 14.5. The number of rotatable bonds is 6. The van der Waals surface area contributed by atoms with Crippen molar-refractivity contribution in [2.24, 2.45) is 5.16 Å². The molecule has 0 bridgehead atoms. The van der Waals surface area contributed by atoms with Crippen LogP contribution in [0.3, 0.4) is 0 Å². The van der Waals surface area contributed by atoms with Crippen molar-refractivity contribution in [3.05, 3.63) is 65.6 Å². The second-order valence-corrected chi connectivity index (χ2v) is 7.57. The summed E-state index contributed by atoms with van der Waals surface area (Å²) >= 11 is 0. The highest BCUT2D eigenvalue weighted by Gasteiger charge is 2.32. The summed E-state index contributed by atoms with van der Waals surface area (Å²) in [4.78, 5) is 7.28. The van der Waals surface area contributed by atoms with Crippen LogP contribution in [0.5, 0.6) is 0 Å². The van der Waals surface area contributed by atoms with E-state index in [1.165, 1.54) is 11.8 Å². The molecule has 0 amide bonds. The van der Waals surface area contributed by atoms with Crippen molar-refractivity contribution >= 4 is 22.8 Å². The number of hydrazine groups is 1. The van der Waals surface area contributed by atoms with Crippen LogP contribution in [0.1, 0.15) is 25.8 Å². The third kappa shape index (κ3) is 3.73. The SMILES string of the molecule is CCN1c2ccc(/C(C)=N\OC)cc2NC1CC1=CCN(C)N1c1cccc(F)c1. The lowest BCUT2D eigenvalue weighted by Gasteiger charge is -2.33. The largest absolute Gasteiger partial charge is 0.399 e. The van der Waals surface area contributed by atoms with E-state index in [0.29, 0.717) is 0 Å². The van der Waals surface area contributed by atoms with Gasteiger partial charge in [0, 0.05) is 37.8 Å². The molecule has 2 aromatic rings. The van der Waals surface area contributed by atoms with Crippen LogP contribution in [0.15, 0.2) is 59.4 Å². The Balaban J connectivity index is 1.57. The average Bonchev–Trinajstić information content (AvgIpc) is 3.27. The number of nitrogens with zero attached hydrogens (tertiary/aromatic N) is 4. The van der Waals surface area contributed by atoms with Crippen LogP contribution < -0.4 is 15.2 Å². The summed E-state index contributed by atoms with van der Waals surface area (Å²) in [6.07, 6.45) is 3.13. The van der Waals surface area contributed by atoms with Crippen molar-refractivity contribution in [3.63, 3.8) is 0 Å². The standard InChI is InChI=1S/C23H28FN5O/c1-5-28-22-10-9-17(16(2)26-30-4)13-21(22)25-23(28)15-20-11-12-27(3)29(20)19-8-6-7-18(24)14-19/h6-11,13-14,23,25H,5,12,15H2,1-4H3/b26-16-. The number of hydrogen-bond donors (Lipinski definition) is 1. The Bertz CT molecular complexity index is 989. The van der Waals surface area contributed by atoms with Gasteiger partial charge in [-0.25, -0.2) is 9.40 Å². The van der Waals surface area contributed by atoms with E-state index in [9.17, 15) is 4.39 Å². The van der Waals surface area contributed by atoms with Crippen LogP contribution in [-0.4, -0.2) is 44.1 Å². The zero-order valence-electron chi connectivity index (χ0n) is 17.9. The number of nitrogens with one attached hydrogen (secondary N) is 1. The number of fused-ring (bicyclic) bond motifs is 1. The van der Waals surface area contributed by atoms with E-state index < -0.39 is 0 Å². The number of benzene rings is 2. The molecule has 158 valence electrons. The fourth-order valence-corrected chi connectivity index (χ4v) is 4.26. The summed E-state index contributed by atoms with van der Waals surface area (Å²) in [6, 6.07) is 13.1. The predicted molar refractivity (Wildman–Crippen MR) is 120 cm³/mol. The van der Waals surface area contributed by atoms with Crippen molar-refractivity contribution < 1.29 is 9.23 Å². The van der Waals surface area contributed by atoms with E-state index >= 15 is 0 Å². The zero-order chi connectivity index (χ0) is 21.3. The molecular weight excluding hydrogens is 381 g/mol. The Morgan fingerprint density at radius 1 is 1.27 bits per heavy atom. The minimum Gasteiger partial charge on any atom is -0.399 e. The molecule has 0 fully saturated rings. The molecule has 1 unspecified atom stereocenters. The van der Waals surface area contributed by atoms with Gasteiger partial charge in [-0.3, -0.25) is 5.01 Å². The number of halogens is 1. The summed E-state index contributed by atoms with van der Waals surface area (Å²) < 4.78 is 13.8. The summed E-state index contributed by atoms with van der Waals surface area (Å²) in [5.41, 5.74) is 6.14. The second-order valence-electron chi connectivity index (χ2n) is 7.57. The van der Waals surface area contributed by atoms with E-state index in [1.54, 1.807) is 19.2 Å². The quantitative estimate of drug-likeness (QED) is 0.565. The van der Waals surface area contributed by atoms with E-state index in [1.807, 2.05) is 20.0 Å². The van der Waals surface area contributed by atoms with Crippen molar-refractivity contribution in [3.8, 4) is 0 Å². The number of oxime groups is 1. The minimum atomic E-state index is -0.227. The van der Waals surface area contributed by atoms with Crippen LogP contribution >= 0.6 is 0 Å².